The second-order valence-electron chi connectivity index (χ2n) is 7.12. The third-order valence-electron chi connectivity index (χ3n) is 5.34. The largest absolute Gasteiger partial charge is 0.392 e. The van der Waals surface area contributed by atoms with Gasteiger partial charge in [-0.25, -0.2) is 4.39 Å². The Bertz CT molecular complexity index is 695. The molecule has 5 heteroatoms. The molecule has 1 aliphatic carbocycles. The van der Waals surface area contributed by atoms with Crippen LogP contribution < -0.4 is 0 Å². The summed E-state index contributed by atoms with van der Waals surface area (Å²) in [5, 5.41) is 14.8. The van der Waals surface area contributed by atoms with Crippen molar-refractivity contribution < 1.29 is 9.50 Å². The molecule has 2 aliphatic rings. The zero-order chi connectivity index (χ0) is 16.5. The fourth-order valence-corrected chi connectivity index (χ4v) is 4.16. The third kappa shape index (κ3) is 3.23. The van der Waals surface area contributed by atoms with Gasteiger partial charge in [-0.2, -0.15) is 5.10 Å². The van der Waals surface area contributed by atoms with E-state index in [1.165, 1.54) is 31.7 Å². The Hall–Kier alpha value is -1.72. The Kier molecular flexibility index (Phi) is 4.37. The van der Waals surface area contributed by atoms with E-state index in [2.05, 4.69) is 21.8 Å². The van der Waals surface area contributed by atoms with Crippen molar-refractivity contribution >= 4 is 0 Å². The van der Waals surface area contributed by atoms with E-state index in [1.54, 1.807) is 12.1 Å². The summed E-state index contributed by atoms with van der Waals surface area (Å²) in [4.78, 5) is 2.21. The first-order valence-corrected chi connectivity index (χ1v) is 8.90. The van der Waals surface area contributed by atoms with Gasteiger partial charge in [0, 0.05) is 25.3 Å². The van der Waals surface area contributed by atoms with Crippen molar-refractivity contribution in [2.75, 3.05) is 6.54 Å². The van der Waals surface area contributed by atoms with Gasteiger partial charge in [0.25, 0.3) is 0 Å². The Labute approximate surface area is 141 Å². The number of β-amino-alcohol motifs (C(OH)–C–C–N with tert-alkyl or cyclic N) is 1. The van der Waals surface area contributed by atoms with Gasteiger partial charge >= 0.3 is 0 Å². The van der Waals surface area contributed by atoms with E-state index < -0.39 is 0 Å². The topological polar surface area (TPSA) is 41.3 Å². The minimum Gasteiger partial charge on any atom is -0.392 e. The Balaban J connectivity index is 1.50. The number of hydrogen-bond donors (Lipinski definition) is 1. The Morgan fingerprint density at radius 2 is 2.04 bits per heavy atom. The van der Waals surface area contributed by atoms with E-state index in [1.807, 2.05) is 6.07 Å². The fraction of sp³-hybridized carbons (Fsp3) is 0.526. The summed E-state index contributed by atoms with van der Waals surface area (Å²) >= 11 is 0. The van der Waals surface area contributed by atoms with E-state index in [9.17, 15) is 9.50 Å². The molecule has 1 N–H and O–H groups in total. The highest BCUT2D eigenvalue weighted by molar-refractivity contribution is 5.22. The van der Waals surface area contributed by atoms with Crippen LogP contribution in [0.2, 0.25) is 0 Å². The first kappa shape index (κ1) is 15.8. The normalized spacial score (nSPS) is 25.6. The number of halogens is 1. The van der Waals surface area contributed by atoms with Crippen LogP contribution in [0.15, 0.2) is 36.5 Å². The van der Waals surface area contributed by atoms with E-state index in [4.69, 9.17) is 5.10 Å². The van der Waals surface area contributed by atoms with Gasteiger partial charge < -0.3 is 5.11 Å². The zero-order valence-corrected chi connectivity index (χ0v) is 13.8. The maximum atomic E-state index is 13.6. The molecule has 2 aromatic rings. The predicted molar refractivity (Wildman–Crippen MR) is 89.9 cm³/mol. The van der Waals surface area contributed by atoms with Crippen LogP contribution in [0.1, 0.15) is 55.4 Å². The Morgan fingerprint density at radius 3 is 2.83 bits per heavy atom. The molecule has 2 fully saturated rings. The molecule has 24 heavy (non-hydrogen) atoms. The zero-order valence-electron chi connectivity index (χ0n) is 13.8. The molecule has 1 saturated carbocycles. The van der Waals surface area contributed by atoms with Gasteiger partial charge in [-0.05, 0) is 43.0 Å². The van der Waals surface area contributed by atoms with Crippen molar-refractivity contribution in [3.8, 4) is 0 Å². The monoisotopic (exact) mass is 329 g/mol. The number of aliphatic hydroxyl groups excluding tert-OH is 1. The molecule has 4 rings (SSSR count). The van der Waals surface area contributed by atoms with Crippen LogP contribution in [-0.4, -0.2) is 32.4 Å². The lowest BCUT2D eigenvalue weighted by Gasteiger charge is -2.23. The summed E-state index contributed by atoms with van der Waals surface area (Å²) in [5.41, 5.74) is 1.96. The standard InChI is InChI=1S/C19H24FN3O/c20-15-5-3-4-14(10-15)19-11-18(24)13-22(19)12-16-8-9-23(21-16)17-6-1-2-7-17/h3-5,8-10,17-19,24H,1-2,6-7,11-13H2. The Morgan fingerprint density at radius 1 is 1.21 bits per heavy atom. The lowest BCUT2D eigenvalue weighted by Crippen LogP contribution is -2.24. The van der Waals surface area contributed by atoms with Crippen LogP contribution in [0.3, 0.4) is 0 Å². The lowest BCUT2D eigenvalue weighted by atomic mass is 10.0. The van der Waals surface area contributed by atoms with Crippen LogP contribution >= 0.6 is 0 Å². The first-order valence-electron chi connectivity index (χ1n) is 8.90. The molecule has 0 bridgehead atoms. The number of likely N-dealkylation sites (tertiary alicyclic amines) is 1. The molecule has 0 amide bonds. The van der Waals surface area contributed by atoms with Gasteiger partial charge in [-0.3, -0.25) is 9.58 Å². The molecule has 128 valence electrons. The summed E-state index contributed by atoms with van der Waals surface area (Å²) in [7, 11) is 0. The summed E-state index contributed by atoms with van der Waals surface area (Å²) in [6, 6.07) is 9.38. The molecule has 4 nitrogen and oxygen atoms in total. The SMILES string of the molecule is OC1CC(c2cccc(F)c2)N(Cc2ccn(C3CCCC3)n2)C1. The molecule has 2 heterocycles. The minimum absolute atomic E-state index is 0.0485. The summed E-state index contributed by atoms with van der Waals surface area (Å²) in [6.07, 6.45) is 7.38. The van der Waals surface area contributed by atoms with Gasteiger partial charge in [0.15, 0.2) is 0 Å². The third-order valence-corrected chi connectivity index (χ3v) is 5.34. The number of aliphatic hydroxyl groups is 1. The van der Waals surface area contributed by atoms with E-state index in [0.717, 1.165) is 11.3 Å². The van der Waals surface area contributed by atoms with Crippen molar-refractivity contribution in [2.45, 2.75) is 56.8 Å². The van der Waals surface area contributed by atoms with Crippen LogP contribution in [0.4, 0.5) is 4.39 Å². The fourth-order valence-electron chi connectivity index (χ4n) is 4.16. The molecule has 1 aromatic heterocycles. The van der Waals surface area contributed by atoms with Crippen LogP contribution in [0.5, 0.6) is 0 Å². The van der Waals surface area contributed by atoms with Crippen molar-refractivity contribution in [1.29, 1.82) is 0 Å². The van der Waals surface area contributed by atoms with E-state index in [0.29, 0.717) is 25.6 Å². The maximum Gasteiger partial charge on any atom is 0.123 e. The van der Waals surface area contributed by atoms with Crippen LogP contribution in [0, 0.1) is 5.82 Å². The summed E-state index contributed by atoms with van der Waals surface area (Å²) in [6.45, 7) is 1.30. The highest BCUT2D eigenvalue weighted by Gasteiger charge is 2.32. The highest BCUT2D eigenvalue weighted by Crippen LogP contribution is 2.34. The number of nitrogens with zero attached hydrogens (tertiary/aromatic N) is 3. The molecule has 0 spiro atoms. The van der Waals surface area contributed by atoms with Crippen LogP contribution in [-0.2, 0) is 6.54 Å². The smallest absolute Gasteiger partial charge is 0.123 e. The van der Waals surface area contributed by atoms with E-state index >= 15 is 0 Å². The minimum atomic E-state index is -0.366. The molecule has 1 aromatic carbocycles. The quantitative estimate of drug-likeness (QED) is 0.934. The van der Waals surface area contributed by atoms with Crippen LogP contribution in [0.25, 0.3) is 0 Å². The average molecular weight is 329 g/mol. The first-order chi connectivity index (χ1) is 11.7. The van der Waals surface area contributed by atoms with Crippen molar-refractivity contribution in [3.63, 3.8) is 0 Å². The molecule has 1 saturated heterocycles. The summed E-state index contributed by atoms with van der Waals surface area (Å²) in [5.74, 6) is -0.223. The molecule has 2 unspecified atom stereocenters. The number of benzene rings is 1. The molecular weight excluding hydrogens is 305 g/mol. The van der Waals surface area contributed by atoms with Crippen molar-refractivity contribution in [2.24, 2.45) is 0 Å². The predicted octanol–water partition coefficient (Wildman–Crippen LogP) is 3.45. The van der Waals surface area contributed by atoms with Crippen molar-refractivity contribution in [1.82, 2.24) is 14.7 Å². The number of aromatic nitrogens is 2. The molecule has 1 aliphatic heterocycles. The molecule has 0 radical (unpaired) electrons. The van der Waals surface area contributed by atoms with Gasteiger partial charge in [-0.15, -0.1) is 0 Å². The van der Waals surface area contributed by atoms with Gasteiger partial charge in [0.1, 0.15) is 5.82 Å². The highest BCUT2D eigenvalue weighted by atomic mass is 19.1. The molecular formula is C19H24FN3O. The second kappa shape index (κ2) is 6.65. The molecule has 2 atom stereocenters. The maximum absolute atomic E-state index is 13.6. The van der Waals surface area contributed by atoms with Crippen molar-refractivity contribution in [3.05, 3.63) is 53.6 Å². The van der Waals surface area contributed by atoms with Gasteiger partial charge in [0.2, 0.25) is 0 Å². The van der Waals surface area contributed by atoms with E-state index in [-0.39, 0.29) is 18.0 Å². The number of hydrogen-bond acceptors (Lipinski definition) is 3. The second-order valence-corrected chi connectivity index (χ2v) is 7.12. The van der Waals surface area contributed by atoms with Gasteiger partial charge in [-0.1, -0.05) is 25.0 Å². The average Bonchev–Trinajstić information content (AvgIpc) is 3.28. The lowest BCUT2D eigenvalue weighted by molar-refractivity contribution is 0.172. The van der Waals surface area contributed by atoms with Gasteiger partial charge in [0.05, 0.1) is 17.8 Å². The summed E-state index contributed by atoms with van der Waals surface area (Å²) < 4.78 is 15.7. The number of rotatable bonds is 4.